The van der Waals surface area contributed by atoms with Crippen molar-refractivity contribution in [1.82, 2.24) is 0 Å². The summed E-state index contributed by atoms with van der Waals surface area (Å²) >= 11 is 0. The highest BCUT2D eigenvalue weighted by Gasteiger charge is 2.39. The van der Waals surface area contributed by atoms with Crippen LogP contribution in [-0.2, 0) is 6.18 Å². The summed E-state index contributed by atoms with van der Waals surface area (Å²) in [6, 6.07) is 0. The van der Waals surface area contributed by atoms with Crippen LogP contribution in [0.25, 0.3) is 0 Å². The van der Waals surface area contributed by atoms with E-state index in [4.69, 9.17) is 0 Å². The van der Waals surface area contributed by atoms with Gasteiger partial charge in [0.2, 0.25) is 0 Å². The molecular formula is C9H6F6. The van der Waals surface area contributed by atoms with Crippen molar-refractivity contribution in [1.29, 1.82) is 0 Å². The summed E-state index contributed by atoms with van der Waals surface area (Å²) in [5.74, 6) is -5.87. The molecular weight excluding hydrogens is 222 g/mol. The highest BCUT2D eigenvalue weighted by Crippen LogP contribution is 2.37. The van der Waals surface area contributed by atoms with Crippen LogP contribution in [0.5, 0.6) is 0 Å². The minimum Gasteiger partial charge on any atom is -0.203 e. The number of hydrogen-bond acceptors (Lipinski definition) is 0. The maximum Gasteiger partial charge on any atom is 0.419 e. The van der Waals surface area contributed by atoms with E-state index >= 15 is 0 Å². The highest BCUT2D eigenvalue weighted by atomic mass is 19.4. The summed E-state index contributed by atoms with van der Waals surface area (Å²) in [5, 5.41) is 0. The van der Waals surface area contributed by atoms with Gasteiger partial charge in [-0.3, -0.25) is 0 Å². The molecule has 0 aliphatic heterocycles. The lowest BCUT2D eigenvalue weighted by atomic mass is 10.0. The van der Waals surface area contributed by atoms with Gasteiger partial charge in [0, 0.05) is 0 Å². The van der Waals surface area contributed by atoms with Crippen LogP contribution in [0.2, 0.25) is 0 Å². The standard InChI is InChI=1S/C9H6F6/c1-3-4(2)6(10)8(12)7(11)5(3)9(13,14)15/h1-2H3. The molecule has 0 unspecified atom stereocenters. The molecule has 0 radical (unpaired) electrons. The molecule has 0 aliphatic carbocycles. The first-order chi connectivity index (χ1) is 6.68. The predicted molar refractivity (Wildman–Crippen MR) is 40.8 cm³/mol. The van der Waals surface area contributed by atoms with E-state index in [9.17, 15) is 26.3 Å². The third-order valence-corrected chi connectivity index (χ3v) is 2.16. The van der Waals surface area contributed by atoms with Crippen molar-refractivity contribution in [2.45, 2.75) is 20.0 Å². The summed E-state index contributed by atoms with van der Waals surface area (Å²) in [5.41, 5.74) is -2.93. The lowest BCUT2D eigenvalue weighted by Gasteiger charge is -2.14. The fraction of sp³-hybridized carbons (Fsp3) is 0.333. The highest BCUT2D eigenvalue weighted by molar-refractivity contribution is 5.38. The van der Waals surface area contributed by atoms with Crippen LogP contribution >= 0.6 is 0 Å². The van der Waals surface area contributed by atoms with Gasteiger partial charge in [-0.05, 0) is 25.0 Å². The Morgan fingerprint density at radius 2 is 1.20 bits per heavy atom. The number of alkyl halides is 3. The molecule has 6 heteroatoms. The summed E-state index contributed by atoms with van der Waals surface area (Å²) in [6.45, 7) is 1.85. The Morgan fingerprint density at radius 1 is 0.733 bits per heavy atom. The molecule has 0 atom stereocenters. The Bertz CT molecular complexity index is 375. The minimum atomic E-state index is -5.03. The molecule has 0 aliphatic rings. The van der Waals surface area contributed by atoms with Crippen molar-refractivity contribution < 1.29 is 26.3 Å². The number of rotatable bonds is 0. The zero-order chi connectivity index (χ0) is 12.0. The molecule has 0 saturated heterocycles. The zero-order valence-electron chi connectivity index (χ0n) is 7.77. The molecule has 0 saturated carbocycles. The average Bonchev–Trinajstić information content (AvgIpc) is 2.09. The van der Waals surface area contributed by atoms with Crippen LogP contribution in [0.3, 0.4) is 0 Å². The molecule has 0 nitrogen and oxygen atoms in total. The molecule has 0 bridgehead atoms. The Balaban J connectivity index is 3.68. The quantitative estimate of drug-likeness (QED) is 0.468. The molecule has 0 N–H and O–H groups in total. The van der Waals surface area contributed by atoms with Gasteiger partial charge in [0.25, 0.3) is 0 Å². The minimum absolute atomic E-state index is 0.541. The zero-order valence-corrected chi connectivity index (χ0v) is 7.77. The smallest absolute Gasteiger partial charge is 0.203 e. The number of halogens is 6. The SMILES string of the molecule is Cc1c(C)c(C(F)(F)F)c(F)c(F)c1F. The van der Waals surface area contributed by atoms with Crippen molar-refractivity contribution >= 4 is 0 Å². The third-order valence-electron chi connectivity index (χ3n) is 2.16. The van der Waals surface area contributed by atoms with Gasteiger partial charge in [-0.1, -0.05) is 0 Å². The fourth-order valence-corrected chi connectivity index (χ4v) is 1.22. The molecule has 0 heterocycles. The van der Waals surface area contributed by atoms with Gasteiger partial charge >= 0.3 is 6.18 Å². The summed E-state index contributed by atoms with van der Waals surface area (Å²) < 4.78 is 75.2. The van der Waals surface area contributed by atoms with E-state index in [2.05, 4.69) is 0 Å². The van der Waals surface area contributed by atoms with E-state index in [-0.39, 0.29) is 0 Å². The van der Waals surface area contributed by atoms with E-state index in [1.165, 1.54) is 0 Å². The Labute approximate surface area is 81.5 Å². The van der Waals surface area contributed by atoms with Gasteiger partial charge in [0.1, 0.15) is 0 Å². The Hall–Kier alpha value is -1.20. The molecule has 15 heavy (non-hydrogen) atoms. The molecule has 84 valence electrons. The lowest BCUT2D eigenvalue weighted by Crippen LogP contribution is -2.15. The topological polar surface area (TPSA) is 0 Å². The normalized spacial score (nSPS) is 12.0. The first-order valence-corrected chi connectivity index (χ1v) is 3.88. The van der Waals surface area contributed by atoms with Crippen molar-refractivity contribution in [3.63, 3.8) is 0 Å². The fourth-order valence-electron chi connectivity index (χ4n) is 1.22. The molecule has 1 rings (SSSR count). The van der Waals surface area contributed by atoms with Gasteiger partial charge in [-0.25, -0.2) is 13.2 Å². The van der Waals surface area contributed by atoms with Crippen LogP contribution in [0, 0.1) is 31.3 Å². The average molecular weight is 228 g/mol. The summed E-state index contributed by atoms with van der Waals surface area (Å²) in [4.78, 5) is 0. The van der Waals surface area contributed by atoms with Gasteiger partial charge < -0.3 is 0 Å². The maximum absolute atomic E-state index is 12.9. The first kappa shape index (κ1) is 11.9. The van der Waals surface area contributed by atoms with E-state index in [0.29, 0.717) is 0 Å². The Kier molecular flexibility index (Phi) is 2.71. The maximum atomic E-state index is 12.9. The van der Waals surface area contributed by atoms with E-state index < -0.39 is 40.3 Å². The second-order valence-electron chi connectivity index (χ2n) is 3.06. The van der Waals surface area contributed by atoms with Crippen LogP contribution < -0.4 is 0 Å². The predicted octanol–water partition coefficient (Wildman–Crippen LogP) is 3.74. The molecule has 0 spiro atoms. The van der Waals surface area contributed by atoms with E-state index in [1.54, 1.807) is 0 Å². The van der Waals surface area contributed by atoms with Crippen molar-refractivity contribution in [2.24, 2.45) is 0 Å². The molecule has 1 aromatic rings. The van der Waals surface area contributed by atoms with Gasteiger partial charge in [-0.2, -0.15) is 13.2 Å². The van der Waals surface area contributed by atoms with Crippen LogP contribution in [0.4, 0.5) is 26.3 Å². The molecule has 1 aromatic carbocycles. The van der Waals surface area contributed by atoms with Gasteiger partial charge in [0.15, 0.2) is 17.5 Å². The summed E-state index contributed by atoms with van der Waals surface area (Å²) in [6.07, 6.45) is -5.03. The van der Waals surface area contributed by atoms with E-state index in [0.717, 1.165) is 13.8 Å². The largest absolute Gasteiger partial charge is 0.419 e. The van der Waals surface area contributed by atoms with Gasteiger partial charge in [-0.15, -0.1) is 0 Å². The third kappa shape index (κ3) is 1.80. The monoisotopic (exact) mass is 228 g/mol. The molecule has 0 amide bonds. The number of benzene rings is 1. The van der Waals surface area contributed by atoms with Crippen LogP contribution in [0.1, 0.15) is 16.7 Å². The van der Waals surface area contributed by atoms with Crippen LogP contribution in [-0.4, -0.2) is 0 Å². The molecule has 0 fully saturated rings. The second kappa shape index (κ2) is 3.43. The van der Waals surface area contributed by atoms with Gasteiger partial charge in [0.05, 0.1) is 5.56 Å². The van der Waals surface area contributed by atoms with Crippen molar-refractivity contribution in [3.05, 3.63) is 34.1 Å². The van der Waals surface area contributed by atoms with E-state index in [1.807, 2.05) is 0 Å². The first-order valence-electron chi connectivity index (χ1n) is 3.88. The van der Waals surface area contributed by atoms with Crippen molar-refractivity contribution in [3.8, 4) is 0 Å². The lowest BCUT2D eigenvalue weighted by molar-refractivity contribution is -0.140. The van der Waals surface area contributed by atoms with Crippen LogP contribution in [0.15, 0.2) is 0 Å². The Morgan fingerprint density at radius 3 is 1.60 bits per heavy atom. The summed E-state index contributed by atoms with van der Waals surface area (Å²) in [7, 11) is 0. The number of hydrogen-bond donors (Lipinski definition) is 0. The second-order valence-corrected chi connectivity index (χ2v) is 3.06. The van der Waals surface area contributed by atoms with Crippen molar-refractivity contribution in [2.75, 3.05) is 0 Å². The molecule has 0 aromatic heterocycles.